The fourth-order valence-electron chi connectivity index (χ4n) is 4.19. The summed E-state index contributed by atoms with van der Waals surface area (Å²) in [6.07, 6.45) is 6.49. The Morgan fingerprint density at radius 2 is 1.48 bits per heavy atom. The molecule has 2 aliphatic rings. The first-order valence-electron chi connectivity index (χ1n) is 10.1. The number of fused-ring (bicyclic) bond motifs is 1. The topological polar surface area (TPSA) is 40.6 Å². The molecule has 0 bridgehead atoms. The molecule has 0 aromatic heterocycles. The van der Waals surface area contributed by atoms with E-state index in [1.807, 2.05) is 12.1 Å². The molecule has 1 fully saturated rings. The molecular weight excluding hydrogens is 356 g/mol. The maximum Gasteiger partial charge on any atom is 0.243 e. The Bertz CT molecular complexity index is 869. The standard InChI is InChI=1S/C22H28N2O2S/c25-27(26,24-16-5-1-2-6-17-24)21-13-11-19(12-14-21)18-23-15-7-9-20-8-3-4-10-22(20)23/h3-4,8,10-14H,1-2,5-7,9,15-18H2. The monoisotopic (exact) mass is 384 g/mol. The van der Waals surface area contributed by atoms with Gasteiger partial charge in [0, 0.05) is 31.9 Å². The zero-order valence-corrected chi connectivity index (χ0v) is 16.6. The second kappa shape index (κ2) is 8.03. The number of aryl methyl sites for hydroxylation is 1. The van der Waals surface area contributed by atoms with E-state index >= 15 is 0 Å². The van der Waals surface area contributed by atoms with Crippen molar-refractivity contribution in [2.24, 2.45) is 0 Å². The van der Waals surface area contributed by atoms with Crippen molar-refractivity contribution in [3.05, 3.63) is 59.7 Å². The Balaban J connectivity index is 1.50. The summed E-state index contributed by atoms with van der Waals surface area (Å²) in [5.74, 6) is 0. The van der Waals surface area contributed by atoms with Crippen LogP contribution in [-0.4, -0.2) is 32.4 Å². The van der Waals surface area contributed by atoms with Crippen LogP contribution in [-0.2, 0) is 23.0 Å². The summed E-state index contributed by atoms with van der Waals surface area (Å²) in [6.45, 7) is 3.16. The molecule has 2 aliphatic heterocycles. The molecule has 0 unspecified atom stereocenters. The first-order valence-corrected chi connectivity index (χ1v) is 11.5. The van der Waals surface area contributed by atoms with Gasteiger partial charge >= 0.3 is 0 Å². The minimum atomic E-state index is -3.36. The molecule has 2 heterocycles. The van der Waals surface area contributed by atoms with Crippen LogP contribution in [0.15, 0.2) is 53.4 Å². The van der Waals surface area contributed by atoms with Crippen LogP contribution in [0.4, 0.5) is 5.69 Å². The molecule has 0 spiro atoms. The van der Waals surface area contributed by atoms with Crippen LogP contribution in [0.25, 0.3) is 0 Å². The van der Waals surface area contributed by atoms with E-state index in [2.05, 4.69) is 29.2 Å². The number of rotatable bonds is 4. The Hall–Kier alpha value is -1.85. The van der Waals surface area contributed by atoms with E-state index < -0.39 is 10.0 Å². The van der Waals surface area contributed by atoms with Gasteiger partial charge in [-0.05, 0) is 55.0 Å². The molecule has 1 saturated heterocycles. The number of benzene rings is 2. The lowest BCUT2D eigenvalue weighted by Crippen LogP contribution is -2.32. The molecule has 0 aliphatic carbocycles. The smallest absolute Gasteiger partial charge is 0.243 e. The fourth-order valence-corrected chi connectivity index (χ4v) is 5.71. The van der Waals surface area contributed by atoms with E-state index in [1.165, 1.54) is 17.7 Å². The molecule has 144 valence electrons. The molecule has 4 rings (SSSR count). The van der Waals surface area contributed by atoms with Gasteiger partial charge < -0.3 is 4.90 Å². The van der Waals surface area contributed by atoms with E-state index in [0.29, 0.717) is 18.0 Å². The third-order valence-electron chi connectivity index (χ3n) is 5.71. The summed E-state index contributed by atoms with van der Waals surface area (Å²) in [7, 11) is -3.36. The van der Waals surface area contributed by atoms with Crippen molar-refractivity contribution in [1.29, 1.82) is 0 Å². The van der Waals surface area contributed by atoms with Gasteiger partial charge in [0.05, 0.1) is 4.90 Å². The molecule has 5 heteroatoms. The molecule has 2 aromatic rings. The van der Waals surface area contributed by atoms with Gasteiger partial charge in [-0.1, -0.05) is 43.2 Å². The summed E-state index contributed by atoms with van der Waals surface area (Å²) >= 11 is 0. The lowest BCUT2D eigenvalue weighted by atomic mass is 10.0. The Kier molecular flexibility index (Phi) is 5.50. The Morgan fingerprint density at radius 1 is 0.778 bits per heavy atom. The van der Waals surface area contributed by atoms with Crippen LogP contribution in [0.5, 0.6) is 0 Å². The number of para-hydroxylation sites is 1. The van der Waals surface area contributed by atoms with Gasteiger partial charge in [0.2, 0.25) is 10.0 Å². The SMILES string of the molecule is O=S(=O)(c1ccc(CN2CCCc3ccccc32)cc1)N1CCCCCC1. The highest BCUT2D eigenvalue weighted by molar-refractivity contribution is 7.89. The highest BCUT2D eigenvalue weighted by atomic mass is 32.2. The first kappa shape index (κ1) is 18.5. The zero-order chi connectivity index (χ0) is 18.7. The highest BCUT2D eigenvalue weighted by Gasteiger charge is 2.25. The van der Waals surface area contributed by atoms with Crippen molar-refractivity contribution in [3.63, 3.8) is 0 Å². The summed E-state index contributed by atoms with van der Waals surface area (Å²) in [5.41, 5.74) is 3.87. The van der Waals surface area contributed by atoms with Gasteiger partial charge in [0.25, 0.3) is 0 Å². The second-order valence-corrected chi connectivity index (χ2v) is 9.55. The summed E-state index contributed by atoms with van der Waals surface area (Å²) in [5, 5.41) is 0. The average Bonchev–Trinajstić information content (AvgIpc) is 2.99. The quantitative estimate of drug-likeness (QED) is 0.793. The van der Waals surface area contributed by atoms with Crippen LogP contribution >= 0.6 is 0 Å². The molecule has 0 amide bonds. The van der Waals surface area contributed by atoms with Crippen LogP contribution in [0.3, 0.4) is 0 Å². The number of sulfonamides is 1. The summed E-state index contributed by atoms with van der Waals surface area (Å²) < 4.78 is 27.5. The van der Waals surface area contributed by atoms with Crippen LogP contribution in [0.1, 0.15) is 43.2 Å². The molecule has 27 heavy (non-hydrogen) atoms. The largest absolute Gasteiger partial charge is 0.367 e. The van der Waals surface area contributed by atoms with Crippen molar-refractivity contribution in [2.45, 2.75) is 50.0 Å². The van der Waals surface area contributed by atoms with Crippen LogP contribution in [0.2, 0.25) is 0 Å². The Labute approximate surface area is 162 Å². The van der Waals surface area contributed by atoms with Crippen molar-refractivity contribution < 1.29 is 8.42 Å². The van der Waals surface area contributed by atoms with Gasteiger partial charge in [-0.25, -0.2) is 8.42 Å². The number of hydrogen-bond donors (Lipinski definition) is 0. The van der Waals surface area contributed by atoms with Gasteiger partial charge in [0.15, 0.2) is 0 Å². The third-order valence-corrected chi connectivity index (χ3v) is 7.62. The van der Waals surface area contributed by atoms with E-state index in [0.717, 1.165) is 50.8 Å². The minimum Gasteiger partial charge on any atom is -0.367 e. The molecule has 0 radical (unpaired) electrons. The maximum absolute atomic E-state index is 12.9. The first-order chi connectivity index (χ1) is 13.1. The van der Waals surface area contributed by atoms with E-state index in [9.17, 15) is 8.42 Å². The molecule has 0 N–H and O–H groups in total. The number of hydrogen-bond acceptors (Lipinski definition) is 3. The molecule has 0 saturated carbocycles. The molecule has 2 aromatic carbocycles. The second-order valence-electron chi connectivity index (χ2n) is 7.62. The predicted molar refractivity (Wildman–Crippen MR) is 109 cm³/mol. The van der Waals surface area contributed by atoms with Crippen LogP contribution < -0.4 is 4.90 Å². The van der Waals surface area contributed by atoms with Crippen molar-refractivity contribution >= 4 is 15.7 Å². The Morgan fingerprint density at radius 3 is 2.22 bits per heavy atom. The summed E-state index contributed by atoms with van der Waals surface area (Å²) in [6, 6.07) is 16.1. The third kappa shape index (κ3) is 4.04. The van der Waals surface area contributed by atoms with Crippen molar-refractivity contribution in [1.82, 2.24) is 4.31 Å². The molecular formula is C22H28N2O2S. The van der Waals surface area contributed by atoms with E-state index in [-0.39, 0.29) is 0 Å². The summed E-state index contributed by atoms with van der Waals surface area (Å²) in [4.78, 5) is 2.82. The van der Waals surface area contributed by atoms with Crippen molar-refractivity contribution in [2.75, 3.05) is 24.5 Å². The normalized spacial score (nSPS) is 18.7. The zero-order valence-electron chi connectivity index (χ0n) is 15.8. The van der Waals surface area contributed by atoms with Crippen molar-refractivity contribution in [3.8, 4) is 0 Å². The van der Waals surface area contributed by atoms with E-state index in [1.54, 1.807) is 16.4 Å². The van der Waals surface area contributed by atoms with Crippen LogP contribution in [0, 0.1) is 0 Å². The van der Waals surface area contributed by atoms with Gasteiger partial charge in [-0.2, -0.15) is 4.31 Å². The minimum absolute atomic E-state index is 0.423. The maximum atomic E-state index is 12.9. The lowest BCUT2D eigenvalue weighted by Gasteiger charge is -2.31. The average molecular weight is 385 g/mol. The lowest BCUT2D eigenvalue weighted by molar-refractivity contribution is 0.423. The number of anilines is 1. The van der Waals surface area contributed by atoms with E-state index in [4.69, 9.17) is 0 Å². The number of nitrogens with zero attached hydrogens (tertiary/aromatic N) is 2. The highest BCUT2D eigenvalue weighted by Crippen LogP contribution is 2.28. The molecule has 0 atom stereocenters. The van der Waals surface area contributed by atoms with Gasteiger partial charge in [-0.3, -0.25) is 0 Å². The van der Waals surface area contributed by atoms with Gasteiger partial charge in [0.1, 0.15) is 0 Å². The fraction of sp³-hybridized carbons (Fsp3) is 0.455. The molecule has 4 nitrogen and oxygen atoms in total. The van der Waals surface area contributed by atoms with Gasteiger partial charge in [-0.15, -0.1) is 0 Å². The predicted octanol–water partition coefficient (Wildman–Crippen LogP) is 4.20.